The highest BCUT2D eigenvalue weighted by atomic mass is 16.3. The molecule has 2 heterocycles. The van der Waals surface area contributed by atoms with Gasteiger partial charge in [-0.1, -0.05) is 30.7 Å². The van der Waals surface area contributed by atoms with E-state index in [0.29, 0.717) is 6.54 Å². The highest BCUT2D eigenvalue weighted by molar-refractivity contribution is 5.98. The summed E-state index contributed by atoms with van der Waals surface area (Å²) in [6.07, 6.45) is 4.54. The number of rotatable bonds is 5. The number of benzene rings is 2. The zero-order valence-electron chi connectivity index (χ0n) is 17.8. The molecule has 31 heavy (non-hydrogen) atoms. The summed E-state index contributed by atoms with van der Waals surface area (Å²) in [5.74, 6) is -0.263. The molecule has 1 aromatic heterocycles. The van der Waals surface area contributed by atoms with Gasteiger partial charge in [-0.25, -0.2) is 0 Å². The number of likely N-dealkylation sites (tertiary alicyclic amines) is 1. The maximum atomic E-state index is 12.9. The number of phenolic OH excluding ortho intramolecular Hbond substituents is 1. The van der Waals surface area contributed by atoms with Crippen LogP contribution in [0.3, 0.4) is 0 Å². The second-order valence-electron chi connectivity index (χ2n) is 8.65. The average molecular weight is 417 g/mol. The molecule has 0 radical (unpaired) electrons. The number of piperidine rings is 1. The molecule has 1 fully saturated rings. The molecule has 0 spiro atoms. The van der Waals surface area contributed by atoms with Gasteiger partial charge in [0.1, 0.15) is 5.75 Å². The Morgan fingerprint density at radius 3 is 2.84 bits per heavy atom. The molecule has 1 aliphatic carbocycles. The van der Waals surface area contributed by atoms with Crippen LogP contribution in [0, 0.1) is 0 Å². The van der Waals surface area contributed by atoms with Crippen molar-refractivity contribution < 1.29 is 9.90 Å². The van der Waals surface area contributed by atoms with Crippen molar-refractivity contribution in [3.05, 3.63) is 59.2 Å². The minimum atomic E-state index is -0.251. The SMILES string of the molecule is CC(CNC(=O)c1cc(-c2n[nH]c3c2Cc2ccccc2-3)ccc1O)N1CCCCC1. The predicted molar refractivity (Wildman–Crippen MR) is 121 cm³/mol. The Labute approximate surface area is 182 Å². The quantitative estimate of drug-likeness (QED) is 0.460. The lowest BCUT2D eigenvalue weighted by Gasteiger charge is -2.32. The number of aromatic nitrogens is 2. The van der Waals surface area contributed by atoms with E-state index in [1.807, 2.05) is 18.2 Å². The molecular weight excluding hydrogens is 388 g/mol. The molecular formula is C25H28N4O2. The van der Waals surface area contributed by atoms with Crippen LogP contribution in [0.2, 0.25) is 0 Å². The Hall–Kier alpha value is -3.12. The summed E-state index contributed by atoms with van der Waals surface area (Å²) >= 11 is 0. The van der Waals surface area contributed by atoms with Crippen LogP contribution in [-0.4, -0.2) is 51.8 Å². The molecule has 5 rings (SSSR count). The molecule has 0 saturated carbocycles. The standard InChI is InChI=1S/C25H28N4O2/c1-16(29-11-5-2-6-12-29)15-26-25(31)20-14-18(9-10-22(20)30)23-21-13-17-7-3-4-8-19(17)24(21)28-27-23/h3-4,7-10,14,16,30H,2,5-6,11-13,15H2,1H3,(H,26,31)(H,27,28). The number of H-pyrrole nitrogens is 1. The van der Waals surface area contributed by atoms with E-state index in [0.717, 1.165) is 42.0 Å². The van der Waals surface area contributed by atoms with Gasteiger partial charge >= 0.3 is 0 Å². The highest BCUT2D eigenvalue weighted by Gasteiger charge is 2.25. The summed E-state index contributed by atoms with van der Waals surface area (Å²) < 4.78 is 0. The number of carbonyl (C=O) groups is 1. The summed E-state index contributed by atoms with van der Waals surface area (Å²) in [7, 11) is 0. The number of carbonyl (C=O) groups excluding carboxylic acids is 1. The molecule has 1 unspecified atom stereocenters. The predicted octanol–water partition coefficient (Wildman–Crippen LogP) is 3.96. The van der Waals surface area contributed by atoms with Gasteiger partial charge in [0.2, 0.25) is 0 Å². The third-order valence-corrected chi connectivity index (χ3v) is 6.61. The van der Waals surface area contributed by atoms with E-state index < -0.39 is 0 Å². The van der Waals surface area contributed by atoms with Crippen molar-refractivity contribution in [2.24, 2.45) is 0 Å². The number of fused-ring (bicyclic) bond motifs is 3. The first-order chi connectivity index (χ1) is 15.1. The first-order valence-electron chi connectivity index (χ1n) is 11.1. The van der Waals surface area contributed by atoms with Gasteiger partial charge in [0.25, 0.3) is 5.91 Å². The molecule has 1 atom stereocenters. The van der Waals surface area contributed by atoms with Gasteiger partial charge in [-0.05, 0) is 56.6 Å². The Morgan fingerprint density at radius 2 is 2.00 bits per heavy atom. The number of aromatic amines is 1. The highest BCUT2D eigenvalue weighted by Crippen LogP contribution is 2.40. The third-order valence-electron chi connectivity index (χ3n) is 6.61. The lowest BCUT2D eigenvalue weighted by atomic mass is 10.0. The topological polar surface area (TPSA) is 81.2 Å². The van der Waals surface area contributed by atoms with Crippen LogP contribution in [0.4, 0.5) is 0 Å². The van der Waals surface area contributed by atoms with Crippen molar-refractivity contribution in [1.82, 2.24) is 20.4 Å². The number of aromatic hydroxyl groups is 1. The zero-order valence-corrected chi connectivity index (χ0v) is 17.8. The number of hydrogen-bond donors (Lipinski definition) is 3. The molecule has 1 saturated heterocycles. The summed E-state index contributed by atoms with van der Waals surface area (Å²) in [4.78, 5) is 15.3. The van der Waals surface area contributed by atoms with E-state index in [1.165, 1.54) is 30.4 Å². The number of phenols is 1. The number of nitrogens with zero attached hydrogens (tertiary/aromatic N) is 2. The molecule has 2 aromatic carbocycles. The maximum absolute atomic E-state index is 12.9. The summed E-state index contributed by atoms with van der Waals surface area (Å²) in [5, 5.41) is 21.0. The molecule has 1 aliphatic heterocycles. The van der Waals surface area contributed by atoms with Gasteiger partial charge in [-0.15, -0.1) is 0 Å². The van der Waals surface area contributed by atoms with Crippen molar-refractivity contribution in [2.45, 2.75) is 38.6 Å². The lowest BCUT2D eigenvalue weighted by Crippen LogP contribution is -2.44. The third kappa shape index (κ3) is 3.72. The number of amides is 1. The molecule has 6 heteroatoms. The number of hydrogen-bond acceptors (Lipinski definition) is 4. The average Bonchev–Trinajstić information content (AvgIpc) is 3.37. The van der Waals surface area contributed by atoms with Crippen LogP contribution in [0.15, 0.2) is 42.5 Å². The molecule has 6 nitrogen and oxygen atoms in total. The van der Waals surface area contributed by atoms with Gasteiger partial charge in [-0.2, -0.15) is 5.10 Å². The van der Waals surface area contributed by atoms with Crippen molar-refractivity contribution in [3.63, 3.8) is 0 Å². The Kier molecular flexibility index (Phi) is 5.24. The van der Waals surface area contributed by atoms with Crippen molar-refractivity contribution in [2.75, 3.05) is 19.6 Å². The summed E-state index contributed by atoms with van der Waals surface area (Å²) in [6.45, 7) is 4.89. The second kappa shape index (κ2) is 8.19. The summed E-state index contributed by atoms with van der Waals surface area (Å²) in [6, 6.07) is 13.7. The van der Waals surface area contributed by atoms with Gasteiger partial charge in [0.15, 0.2) is 0 Å². The largest absolute Gasteiger partial charge is 0.507 e. The molecule has 3 N–H and O–H groups in total. The maximum Gasteiger partial charge on any atom is 0.255 e. The van der Waals surface area contributed by atoms with Crippen molar-refractivity contribution in [1.29, 1.82) is 0 Å². The second-order valence-corrected chi connectivity index (χ2v) is 8.65. The van der Waals surface area contributed by atoms with Gasteiger partial charge in [-0.3, -0.25) is 14.8 Å². The van der Waals surface area contributed by atoms with Crippen LogP contribution in [0.25, 0.3) is 22.5 Å². The van der Waals surface area contributed by atoms with E-state index in [9.17, 15) is 9.90 Å². The fourth-order valence-corrected chi connectivity index (χ4v) is 4.80. The van der Waals surface area contributed by atoms with Crippen LogP contribution >= 0.6 is 0 Å². The fraction of sp³-hybridized carbons (Fsp3) is 0.360. The monoisotopic (exact) mass is 416 g/mol. The zero-order chi connectivity index (χ0) is 21.4. The van der Waals surface area contributed by atoms with Crippen LogP contribution in [0.1, 0.15) is 47.7 Å². The Morgan fingerprint density at radius 1 is 1.19 bits per heavy atom. The van der Waals surface area contributed by atoms with Gasteiger partial charge < -0.3 is 10.4 Å². The Balaban J connectivity index is 1.34. The molecule has 3 aromatic rings. The normalized spacial score (nSPS) is 16.5. The van der Waals surface area contributed by atoms with Crippen LogP contribution < -0.4 is 5.32 Å². The lowest BCUT2D eigenvalue weighted by molar-refractivity contribution is 0.0927. The fourth-order valence-electron chi connectivity index (χ4n) is 4.80. The van der Waals surface area contributed by atoms with Gasteiger partial charge in [0.05, 0.1) is 17.0 Å². The van der Waals surface area contributed by atoms with E-state index in [4.69, 9.17) is 0 Å². The number of nitrogens with one attached hydrogen (secondary N) is 2. The van der Waals surface area contributed by atoms with Crippen molar-refractivity contribution >= 4 is 5.91 Å². The van der Waals surface area contributed by atoms with Gasteiger partial charge in [0, 0.05) is 35.7 Å². The van der Waals surface area contributed by atoms with Crippen LogP contribution in [0.5, 0.6) is 5.75 Å². The molecule has 1 amide bonds. The van der Waals surface area contributed by atoms with E-state index in [-0.39, 0.29) is 23.3 Å². The first-order valence-corrected chi connectivity index (χ1v) is 11.1. The van der Waals surface area contributed by atoms with E-state index >= 15 is 0 Å². The van der Waals surface area contributed by atoms with Crippen molar-refractivity contribution in [3.8, 4) is 28.3 Å². The summed E-state index contributed by atoms with van der Waals surface area (Å²) in [5.41, 5.74) is 6.59. The minimum Gasteiger partial charge on any atom is -0.507 e. The smallest absolute Gasteiger partial charge is 0.255 e. The minimum absolute atomic E-state index is 0.0117. The van der Waals surface area contributed by atoms with Crippen LogP contribution in [-0.2, 0) is 6.42 Å². The molecule has 160 valence electrons. The first kappa shape index (κ1) is 19.8. The Bertz CT molecular complexity index is 1110. The molecule has 0 bridgehead atoms. The van der Waals surface area contributed by atoms with E-state index in [1.54, 1.807) is 12.1 Å². The van der Waals surface area contributed by atoms with E-state index in [2.05, 4.69) is 39.5 Å². The molecule has 2 aliphatic rings.